The summed E-state index contributed by atoms with van der Waals surface area (Å²) in [5, 5.41) is 4.17. The summed E-state index contributed by atoms with van der Waals surface area (Å²) in [5.41, 5.74) is 1.23. The van der Waals surface area contributed by atoms with E-state index in [-0.39, 0.29) is 23.7 Å². The lowest BCUT2D eigenvalue weighted by atomic mass is 9.70. The molecular formula is C23H33N3O2. The van der Waals surface area contributed by atoms with Gasteiger partial charge in [0.2, 0.25) is 5.91 Å². The molecule has 1 aromatic carbocycles. The molecule has 0 bridgehead atoms. The summed E-state index contributed by atoms with van der Waals surface area (Å²) in [5.74, 6) is 1.88. The largest absolute Gasteiger partial charge is 0.357 e. The standard InChI is InChI=1S/C23H33N3O2/c1-15-10-11-19-20(12-15)28-22-21-17(13-24(22)23(19,3)4)14-25(16(2)27)26(21)18-8-6-5-7-9-18/h5-9,15,17,19-22H,10-14H2,1-4H3/t15-,17+,19-,20-,21-,22+/m1/s1. The minimum Gasteiger partial charge on any atom is -0.357 e. The Labute approximate surface area is 168 Å². The van der Waals surface area contributed by atoms with Crippen LogP contribution < -0.4 is 5.01 Å². The van der Waals surface area contributed by atoms with Crippen molar-refractivity contribution >= 4 is 11.6 Å². The molecule has 1 aliphatic carbocycles. The predicted molar refractivity (Wildman–Crippen MR) is 110 cm³/mol. The third kappa shape index (κ3) is 2.62. The van der Waals surface area contributed by atoms with Gasteiger partial charge in [0.15, 0.2) is 0 Å². The highest BCUT2D eigenvalue weighted by molar-refractivity contribution is 5.76. The quantitative estimate of drug-likeness (QED) is 0.744. The topological polar surface area (TPSA) is 36.0 Å². The number of amides is 1. The maximum Gasteiger partial charge on any atom is 0.237 e. The summed E-state index contributed by atoms with van der Waals surface area (Å²) in [6.07, 6.45) is 4.13. The second-order valence-electron chi connectivity index (χ2n) is 9.93. The Kier molecular flexibility index (Phi) is 4.25. The molecule has 3 aliphatic heterocycles. The van der Waals surface area contributed by atoms with Crippen LogP contribution in [-0.2, 0) is 9.53 Å². The van der Waals surface area contributed by atoms with Crippen LogP contribution in [0.3, 0.4) is 0 Å². The number of carbonyl (C=O) groups is 1. The van der Waals surface area contributed by atoms with Crippen LogP contribution in [0, 0.1) is 17.8 Å². The zero-order chi connectivity index (χ0) is 19.6. The molecule has 4 aliphatic rings. The van der Waals surface area contributed by atoms with Crippen LogP contribution in [0.5, 0.6) is 0 Å². The smallest absolute Gasteiger partial charge is 0.237 e. The molecule has 1 aromatic rings. The van der Waals surface area contributed by atoms with Crippen molar-refractivity contribution in [2.24, 2.45) is 17.8 Å². The van der Waals surface area contributed by atoms with E-state index in [9.17, 15) is 4.79 Å². The molecule has 4 fully saturated rings. The van der Waals surface area contributed by atoms with Gasteiger partial charge in [-0.1, -0.05) is 31.5 Å². The van der Waals surface area contributed by atoms with Crippen LogP contribution in [-0.4, -0.2) is 52.8 Å². The molecule has 0 unspecified atom stereocenters. The molecule has 0 radical (unpaired) electrons. The molecule has 0 aromatic heterocycles. The molecule has 5 nitrogen and oxygen atoms in total. The molecule has 5 heteroatoms. The Bertz CT molecular complexity index is 751. The van der Waals surface area contributed by atoms with Gasteiger partial charge in [-0.15, -0.1) is 0 Å². The molecule has 1 amide bonds. The number of hydrazine groups is 1. The first kappa shape index (κ1) is 18.4. The van der Waals surface area contributed by atoms with Gasteiger partial charge < -0.3 is 4.74 Å². The highest BCUT2D eigenvalue weighted by Gasteiger charge is 2.61. The molecule has 28 heavy (non-hydrogen) atoms. The number of hydrogen-bond donors (Lipinski definition) is 0. The minimum atomic E-state index is 0.0520. The van der Waals surface area contributed by atoms with Crippen molar-refractivity contribution in [2.45, 2.75) is 70.9 Å². The van der Waals surface area contributed by atoms with Crippen molar-refractivity contribution in [3.8, 4) is 0 Å². The molecule has 3 heterocycles. The number of carbonyl (C=O) groups excluding carboxylic acids is 1. The molecule has 0 spiro atoms. The van der Waals surface area contributed by atoms with Gasteiger partial charge in [-0.05, 0) is 44.7 Å². The normalized spacial score (nSPS) is 39.4. The van der Waals surface area contributed by atoms with Gasteiger partial charge in [-0.2, -0.15) is 0 Å². The average molecular weight is 384 g/mol. The number of hydrogen-bond acceptors (Lipinski definition) is 4. The summed E-state index contributed by atoms with van der Waals surface area (Å²) < 4.78 is 6.86. The van der Waals surface area contributed by atoms with Crippen molar-refractivity contribution in [3.63, 3.8) is 0 Å². The minimum absolute atomic E-state index is 0.0520. The number of anilines is 1. The van der Waals surface area contributed by atoms with Crippen molar-refractivity contribution < 1.29 is 9.53 Å². The highest BCUT2D eigenvalue weighted by Crippen LogP contribution is 2.51. The summed E-state index contributed by atoms with van der Waals surface area (Å²) >= 11 is 0. The first-order valence-electron chi connectivity index (χ1n) is 10.9. The van der Waals surface area contributed by atoms with Gasteiger partial charge in [-0.3, -0.25) is 19.7 Å². The number of benzene rings is 1. The van der Waals surface area contributed by atoms with Crippen molar-refractivity contribution in [2.75, 3.05) is 18.1 Å². The second-order valence-corrected chi connectivity index (χ2v) is 9.93. The van der Waals surface area contributed by atoms with Gasteiger partial charge in [-0.25, -0.2) is 0 Å². The van der Waals surface area contributed by atoms with E-state index in [2.05, 4.69) is 54.9 Å². The van der Waals surface area contributed by atoms with Crippen molar-refractivity contribution in [1.82, 2.24) is 9.91 Å². The van der Waals surface area contributed by atoms with Crippen LogP contribution in [0.15, 0.2) is 30.3 Å². The Morgan fingerprint density at radius 3 is 2.61 bits per heavy atom. The van der Waals surface area contributed by atoms with E-state index in [1.165, 1.54) is 12.8 Å². The molecule has 3 saturated heterocycles. The summed E-state index contributed by atoms with van der Waals surface area (Å²) in [6, 6.07) is 10.6. The van der Waals surface area contributed by atoms with Gasteiger partial charge in [0, 0.05) is 37.4 Å². The van der Waals surface area contributed by atoms with E-state index in [4.69, 9.17) is 4.74 Å². The molecule has 6 atom stereocenters. The second kappa shape index (κ2) is 6.46. The van der Waals surface area contributed by atoms with E-state index < -0.39 is 0 Å². The fourth-order valence-electron chi connectivity index (χ4n) is 6.41. The summed E-state index contributed by atoms with van der Waals surface area (Å²) in [6.45, 7) is 10.7. The molecule has 1 saturated carbocycles. The maximum absolute atomic E-state index is 12.4. The molecule has 152 valence electrons. The van der Waals surface area contributed by atoms with Crippen LogP contribution in [0.2, 0.25) is 0 Å². The highest BCUT2D eigenvalue weighted by atomic mass is 16.5. The van der Waals surface area contributed by atoms with Crippen LogP contribution in [0.25, 0.3) is 0 Å². The Morgan fingerprint density at radius 1 is 1.14 bits per heavy atom. The molecular weight excluding hydrogens is 350 g/mol. The zero-order valence-electron chi connectivity index (χ0n) is 17.5. The van der Waals surface area contributed by atoms with Crippen molar-refractivity contribution in [1.29, 1.82) is 0 Å². The van der Waals surface area contributed by atoms with Crippen molar-refractivity contribution in [3.05, 3.63) is 30.3 Å². The van der Waals surface area contributed by atoms with Crippen LogP contribution >= 0.6 is 0 Å². The first-order valence-corrected chi connectivity index (χ1v) is 10.9. The zero-order valence-corrected chi connectivity index (χ0v) is 17.5. The maximum atomic E-state index is 12.4. The fraction of sp³-hybridized carbons (Fsp3) is 0.696. The summed E-state index contributed by atoms with van der Waals surface area (Å²) in [7, 11) is 0. The monoisotopic (exact) mass is 383 g/mol. The lowest BCUT2D eigenvalue weighted by molar-refractivity contribution is -0.222. The van der Waals surface area contributed by atoms with E-state index >= 15 is 0 Å². The lowest BCUT2D eigenvalue weighted by Crippen LogP contribution is -2.66. The Morgan fingerprint density at radius 2 is 1.89 bits per heavy atom. The molecule has 0 N–H and O–H groups in total. The number of rotatable bonds is 1. The van der Waals surface area contributed by atoms with E-state index in [1.807, 2.05) is 11.1 Å². The SMILES string of the molecule is CC(=O)N1C[C@@H]2CN3[C@@H](O[C@@H]4C[C@H](C)CC[C@H]4C3(C)C)[C@@H]2N1c1ccccc1. The predicted octanol–water partition coefficient (Wildman–Crippen LogP) is 3.51. The summed E-state index contributed by atoms with van der Waals surface area (Å²) in [4.78, 5) is 15.1. The number of ether oxygens (including phenoxy) is 1. The van der Waals surface area contributed by atoms with Gasteiger partial charge in [0.25, 0.3) is 0 Å². The lowest BCUT2D eigenvalue weighted by Gasteiger charge is -2.56. The average Bonchev–Trinajstić information content (AvgIpc) is 3.20. The van der Waals surface area contributed by atoms with Crippen LogP contribution in [0.4, 0.5) is 5.69 Å². The number of para-hydroxylation sites is 1. The number of fused-ring (bicyclic) bond motifs is 4. The van der Waals surface area contributed by atoms with Gasteiger partial charge >= 0.3 is 0 Å². The van der Waals surface area contributed by atoms with E-state index in [0.717, 1.165) is 31.1 Å². The van der Waals surface area contributed by atoms with E-state index in [0.29, 0.717) is 17.9 Å². The van der Waals surface area contributed by atoms with E-state index in [1.54, 1.807) is 6.92 Å². The van der Waals surface area contributed by atoms with Gasteiger partial charge in [0.1, 0.15) is 6.23 Å². The fourth-order valence-corrected chi connectivity index (χ4v) is 6.41. The Balaban J connectivity index is 1.52. The molecule has 5 rings (SSSR count). The third-order valence-corrected chi connectivity index (χ3v) is 7.86. The number of nitrogens with zero attached hydrogens (tertiary/aromatic N) is 3. The van der Waals surface area contributed by atoms with Crippen LogP contribution in [0.1, 0.15) is 47.0 Å². The first-order chi connectivity index (χ1) is 13.4. The van der Waals surface area contributed by atoms with Gasteiger partial charge in [0.05, 0.1) is 17.8 Å². The third-order valence-electron chi connectivity index (χ3n) is 7.86. The Hall–Kier alpha value is -1.59.